The van der Waals surface area contributed by atoms with Crippen LogP contribution in [0.5, 0.6) is 0 Å². The Morgan fingerprint density at radius 3 is 1.78 bits per heavy atom. The highest BCUT2D eigenvalue weighted by Crippen LogP contribution is 2.00. The zero-order chi connectivity index (χ0) is 17.2. The minimum absolute atomic E-state index is 0.261. The van der Waals surface area contributed by atoms with Gasteiger partial charge in [0.15, 0.2) is 0 Å². The number of ether oxygens (including phenoxy) is 4. The van der Waals surface area contributed by atoms with Crippen molar-refractivity contribution >= 4 is 34.5 Å². The molecule has 0 aromatic rings. The molecule has 0 spiro atoms. The maximum atomic E-state index is 11.0. The minimum Gasteiger partial charge on any atom is -0.460 e. The molecular formula is C16H25IO6. The van der Waals surface area contributed by atoms with E-state index in [0.29, 0.717) is 26.4 Å². The summed E-state index contributed by atoms with van der Waals surface area (Å²) in [5.74, 6) is -0.771. The quantitative estimate of drug-likeness (QED) is 0.169. The van der Waals surface area contributed by atoms with E-state index in [4.69, 9.17) is 18.9 Å². The molecule has 132 valence electrons. The summed E-state index contributed by atoms with van der Waals surface area (Å²) in [5, 5.41) is 0. The van der Waals surface area contributed by atoms with Crippen molar-refractivity contribution in [1.29, 1.82) is 0 Å². The third-order valence-electron chi connectivity index (χ3n) is 2.64. The van der Waals surface area contributed by atoms with Crippen molar-refractivity contribution in [1.82, 2.24) is 0 Å². The molecule has 0 aliphatic heterocycles. The molecule has 0 aromatic carbocycles. The van der Waals surface area contributed by atoms with E-state index < -0.39 is 5.97 Å². The third-order valence-corrected chi connectivity index (χ3v) is 3.00. The predicted octanol–water partition coefficient (Wildman–Crippen LogP) is 2.80. The fourth-order valence-corrected chi connectivity index (χ4v) is 1.82. The summed E-state index contributed by atoms with van der Waals surface area (Å²) in [6, 6.07) is 0. The summed E-state index contributed by atoms with van der Waals surface area (Å²) < 4.78 is 22.0. The van der Waals surface area contributed by atoms with Crippen LogP contribution in [0.3, 0.4) is 0 Å². The molecule has 0 bridgehead atoms. The molecule has 7 heteroatoms. The normalized spacial score (nSPS) is 10.7. The van der Waals surface area contributed by atoms with Crippen LogP contribution in [0.1, 0.15) is 25.7 Å². The Kier molecular flexibility index (Phi) is 16.7. The van der Waals surface area contributed by atoms with Crippen LogP contribution in [0.2, 0.25) is 0 Å². The first-order valence-corrected chi connectivity index (χ1v) is 8.83. The highest BCUT2D eigenvalue weighted by molar-refractivity contribution is 14.1. The number of esters is 2. The summed E-state index contributed by atoms with van der Waals surface area (Å²) in [6.45, 7) is 6.01. The van der Waals surface area contributed by atoms with Crippen molar-refractivity contribution in [2.24, 2.45) is 0 Å². The Morgan fingerprint density at radius 2 is 1.30 bits per heavy atom. The Hall–Kier alpha value is -0.930. The van der Waals surface area contributed by atoms with Crippen LogP contribution < -0.4 is 0 Å². The first-order valence-electron chi connectivity index (χ1n) is 7.59. The van der Waals surface area contributed by atoms with E-state index in [1.807, 2.05) is 22.6 Å². The van der Waals surface area contributed by atoms with E-state index >= 15 is 0 Å². The Labute approximate surface area is 151 Å². The molecular weight excluding hydrogens is 415 g/mol. The van der Waals surface area contributed by atoms with Crippen LogP contribution in [0.15, 0.2) is 22.8 Å². The largest absolute Gasteiger partial charge is 0.460 e. The second-order valence-electron chi connectivity index (χ2n) is 4.47. The van der Waals surface area contributed by atoms with Gasteiger partial charge in [-0.1, -0.05) is 42.0 Å². The van der Waals surface area contributed by atoms with Gasteiger partial charge in [0, 0.05) is 25.4 Å². The van der Waals surface area contributed by atoms with Crippen LogP contribution in [-0.2, 0) is 28.5 Å². The Morgan fingerprint density at radius 1 is 0.783 bits per heavy atom. The topological polar surface area (TPSA) is 71.1 Å². The molecule has 0 atom stereocenters. The highest BCUT2D eigenvalue weighted by Gasteiger charge is 1.97. The lowest BCUT2D eigenvalue weighted by Crippen LogP contribution is -2.09. The number of unbranched alkanes of at least 4 members (excludes halogenated alkanes) is 3. The number of halogens is 1. The molecule has 0 amide bonds. The summed E-state index contributed by atoms with van der Waals surface area (Å²) in [6.07, 6.45) is 6.56. The maximum Gasteiger partial charge on any atom is 0.331 e. The van der Waals surface area contributed by atoms with E-state index in [1.165, 1.54) is 6.08 Å². The molecule has 0 heterocycles. The van der Waals surface area contributed by atoms with Gasteiger partial charge in [-0.2, -0.15) is 0 Å². The van der Waals surface area contributed by atoms with Crippen LogP contribution in [0.4, 0.5) is 0 Å². The van der Waals surface area contributed by atoms with Gasteiger partial charge < -0.3 is 18.9 Å². The Bertz CT molecular complexity index is 356. The molecule has 0 unspecified atom stereocenters. The average Bonchev–Trinajstić information content (AvgIpc) is 2.55. The molecule has 0 radical (unpaired) electrons. The molecule has 0 N–H and O–H groups in total. The number of rotatable bonds is 15. The van der Waals surface area contributed by atoms with Crippen LogP contribution in [0, 0.1) is 0 Å². The van der Waals surface area contributed by atoms with Crippen molar-refractivity contribution in [3.63, 3.8) is 0 Å². The summed E-state index contributed by atoms with van der Waals surface area (Å²) >= 11 is 1.96. The van der Waals surface area contributed by atoms with Crippen LogP contribution in [0.25, 0.3) is 0 Å². The first-order chi connectivity index (χ1) is 11.2. The second kappa shape index (κ2) is 17.4. The van der Waals surface area contributed by atoms with E-state index in [2.05, 4.69) is 6.58 Å². The van der Waals surface area contributed by atoms with Crippen molar-refractivity contribution < 1.29 is 28.5 Å². The zero-order valence-electron chi connectivity index (χ0n) is 13.3. The lowest BCUT2D eigenvalue weighted by molar-refractivity contribution is -0.140. The van der Waals surface area contributed by atoms with E-state index in [9.17, 15) is 9.59 Å². The van der Waals surface area contributed by atoms with Crippen molar-refractivity contribution in [3.8, 4) is 0 Å². The van der Waals surface area contributed by atoms with E-state index in [1.54, 1.807) is 4.08 Å². The van der Waals surface area contributed by atoms with Gasteiger partial charge in [-0.15, -0.1) is 0 Å². The summed E-state index contributed by atoms with van der Waals surface area (Å²) in [5.41, 5.74) is 0. The average molecular weight is 440 g/mol. The van der Waals surface area contributed by atoms with Gasteiger partial charge >= 0.3 is 11.9 Å². The molecule has 23 heavy (non-hydrogen) atoms. The molecule has 0 aliphatic carbocycles. The molecule has 0 saturated carbocycles. The molecule has 6 nitrogen and oxygen atoms in total. The fourth-order valence-electron chi connectivity index (χ4n) is 1.53. The van der Waals surface area contributed by atoms with Gasteiger partial charge in [0.2, 0.25) is 0 Å². The molecule has 0 fully saturated rings. The molecule has 0 rings (SSSR count). The second-order valence-corrected chi connectivity index (χ2v) is 5.19. The fraction of sp³-hybridized carbons (Fsp3) is 0.625. The third kappa shape index (κ3) is 17.3. The summed E-state index contributed by atoms with van der Waals surface area (Å²) in [7, 11) is 0. The summed E-state index contributed by atoms with van der Waals surface area (Å²) in [4.78, 5) is 21.7. The van der Waals surface area contributed by atoms with E-state index in [-0.39, 0.29) is 19.2 Å². The van der Waals surface area contributed by atoms with Crippen molar-refractivity contribution in [3.05, 3.63) is 22.8 Å². The smallest absolute Gasteiger partial charge is 0.331 e. The molecule has 0 aromatic heterocycles. The number of carbonyl (C=O) groups excluding carboxylic acids is 2. The maximum absolute atomic E-state index is 11.0. The van der Waals surface area contributed by atoms with Gasteiger partial charge in [-0.3, -0.25) is 0 Å². The van der Waals surface area contributed by atoms with Crippen molar-refractivity contribution in [2.75, 3.05) is 39.6 Å². The Balaban J connectivity index is 3.12. The molecule has 0 aliphatic rings. The van der Waals surface area contributed by atoms with E-state index in [0.717, 1.165) is 31.8 Å². The van der Waals surface area contributed by atoms with Gasteiger partial charge in [0.25, 0.3) is 0 Å². The van der Waals surface area contributed by atoms with Gasteiger partial charge in [-0.25, -0.2) is 9.59 Å². The minimum atomic E-state index is -0.426. The van der Waals surface area contributed by atoms with Gasteiger partial charge in [0.1, 0.15) is 13.2 Å². The highest BCUT2D eigenvalue weighted by atomic mass is 127. The lowest BCUT2D eigenvalue weighted by atomic mass is 10.2. The molecule has 0 saturated heterocycles. The van der Waals surface area contributed by atoms with Crippen LogP contribution >= 0.6 is 22.6 Å². The van der Waals surface area contributed by atoms with Crippen LogP contribution in [-0.4, -0.2) is 51.6 Å². The number of carbonyl (C=O) groups is 2. The predicted molar refractivity (Wildman–Crippen MR) is 95.4 cm³/mol. The number of hydrogen-bond donors (Lipinski definition) is 0. The van der Waals surface area contributed by atoms with Gasteiger partial charge in [0.05, 0.1) is 13.2 Å². The lowest BCUT2D eigenvalue weighted by Gasteiger charge is -2.06. The SMILES string of the molecule is C=CC(=O)OCCOCCCCCCOCCOC(=O)/C=C/I. The number of hydrogen-bond acceptors (Lipinski definition) is 6. The van der Waals surface area contributed by atoms with Crippen molar-refractivity contribution in [2.45, 2.75) is 25.7 Å². The zero-order valence-corrected chi connectivity index (χ0v) is 15.5. The first kappa shape index (κ1) is 22.1. The monoisotopic (exact) mass is 440 g/mol. The van der Waals surface area contributed by atoms with Gasteiger partial charge in [-0.05, 0) is 16.9 Å². The standard InChI is InChI=1S/C16H25IO6/c1-2-15(18)22-13-11-20-9-5-3-4-6-10-21-12-14-23-16(19)7-8-17/h2,7-8H,1,3-6,9-14H2/b8-7+.